The Labute approximate surface area is 120 Å². The van der Waals surface area contributed by atoms with Crippen molar-refractivity contribution < 1.29 is 9.13 Å². The van der Waals surface area contributed by atoms with E-state index >= 15 is 0 Å². The van der Waals surface area contributed by atoms with Crippen LogP contribution in [0.4, 0.5) is 0 Å². The van der Waals surface area contributed by atoms with E-state index in [9.17, 15) is 9.13 Å². The molecule has 0 atom stereocenters. The third kappa shape index (κ3) is 5.55. The molecule has 0 heterocycles. The first kappa shape index (κ1) is 19.0. The molecular formula is C8H24N4O2P2S2. The highest BCUT2D eigenvalue weighted by atomic mass is 32.1. The van der Waals surface area contributed by atoms with Gasteiger partial charge in [0.15, 0.2) is 4.23 Å². The normalized spacial score (nSPS) is 13.9. The Kier molecular flexibility index (Phi) is 8.12. The number of rotatable bonds is 9. The van der Waals surface area contributed by atoms with Crippen LogP contribution in [0, 0.1) is 0 Å². The number of hydrogen-bond donors (Lipinski definition) is 6. The van der Waals surface area contributed by atoms with Crippen LogP contribution in [0.3, 0.4) is 0 Å². The van der Waals surface area contributed by atoms with E-state index in [-0.39, 0.29) is 6.42 Å². The molecule has 0 unspecified atom stereocenters. The van der Waals surface area contributed by atoms with Crippen molar-refractivity contribution in [1.82, 2.24) is 0 Å². The van der Waals surface area contributed by atoms with Crippen LogP contribution in [0.15, 0.2) is 0 Å². The molecule has 0 aromatic rings. The zero-order valence-corrected chi connectivity index (χ0v) is 13.9. The van der Waals surface area contributed by atoms with Gasteiger partial charge in [-0.05, 0) is 18.6 Å². The van der Waals surface area contributed by atoms with E-state index in [0.717, 1.165) is 31.4 Å². The summed E-state index contributed by atoms with van der Waals surface area (Å²) in [5.41, 5.74) is 21.5. The molecule has 0 aliphatic rings. The first-order valence-corrected chi connectivity index (χ1v) is 10.5. The molecule has 0 bridgehead atoms. The van der Waals surface area contributed by atoms with E-state index in [4.69, 9.17) is 22.0 Å². The van der Waals surface area contributed by atoms with Gasteiger partial charge in [-0.1, -0.05) is 25.7 Å². The topological polar surface area (TPSA) is 138 Å². The third-order valence-corrected chi connectivity index (χ3v) is 9.77. The predicted molar refractivity (Wildman–Crippen MR) is 85.2 cm³/mol. The molecule has 0 aliphatic heterocycles. The quantitative estimate of drug-likeness (QED) is 0.217. The van der Waals surface area contributed by atoms with Crippen LogP contribution >= 0.6 is 40.1 Å². The van der Waals surface area contributed by atoms with E-state index in [2.05, 4.69) is 25.3 Å². The standard InChI is InChI=1S/C8H24N4O2P2S2/c9-15(10,13)8(18,16(11,12)14)6-4-2-1-3-5-7-17/h17-18H,1-7H2,(H4,9,10,13)(H4,11,12,14). The van der Waals surface area contributed by atoms with Gasteiger partial charge in [-0.15, -0.1) is 0 Å². The monoisotopic (exact) mass is 334 g/mol. The molecule has 6 nitrogen and oxygen atoms in total. The molecule has 10 heteroatoms. The summed E-state index contributed by atoms with van der Waals surface area (Å²) >= 11 is 8.20. The lowest BCUT2D eigenvalue weighted by atomic mass is 10.1. The number of unbranched alkanes of at least 4 members (excludes halogenated alkanes) is 4. The van der Waals surface area contributed by atoms with Gasteiger partial charge in [-0.2, -0.15) is 25.3 Å². The summed E-state index contributed by atoms with van der Waals surface area (Å²) in [4.78, 5) is 0. The van der Waals surface area contributed by atoms with Crippen molar-refractivity contribution in [1.29, 1.82) is 0 Å². The van der Waals surface area contributed by atoms with Gasteiger partial charge in [-0.25, -0.2) is 0 Å². The fourth-order valence-corrected chi connectivity index (χ4v) is 4.95. The summed E-state index contributed by atoms with van der Waals surface area (Å²) in [6, 6.07) is 0. The highest BCUT2D eigenvalue weighted by Crippen LogP contribution is 2.66. The van der Waals surface area contributed by atoms with Gasteiger partial charge in [-0.3, -0.25) is 31.1 Å². The van der Waals surface area contributed by atoms with Gasteiger partial charge < -0.3 is 0 Å². The van der Waals surface area contributed by atoms with Crippen LogP contribution < -0.4 is 22.0 Å². The third-order valence-electron chi connectivity index (χ3n) is 2.79. The molecule has 0 spiro atoms. The van der Waals surface area contributed by atoms with E-state index < -0.39 is 19.1 Å². The number of nitrogens with two attached hydrogens (primary N) is 4. The van der Waals surface area contributed by atoms with Crippen LogP contribution in [-0.4, -0.2) is 9.98 Å². The van der Waals surface area contributed by atoms with E-state index in [1.165, 1.54) is 0 Å². The maximum atomic E-state index is 11.8. The lowest BCUT2D eigenvalue weighted by molar-refractivity contribution is 0.540. The second-order valence-electron chi connectivity index (χ2n) is 4.43. The van der Waals surface area contributed by atoms with Crippen LogP contribution in [0.2, 0.25) is 0 Å². The summed E-state index contributed by atoms with van der Waals surface area (Å²) in [5.74, 6) is 0.859. The molecule has 0 saturated heterocycles. The molecule has 0 fully saturated rings. The smallest absolute Gasteiger partial charge is 0.231 e. The van der Waals surface area contributed by atoms with Gasteiger partial charge in [0.1, 0.15) is 0 Å². The van der Waals surface area contributed by atoms with Crippen molar-refractivity contribution in [3.8, 4) is 0 Å². The van der Waals surface area contributed by atoms with Crippen LogP contribution in [0.5, 0.6) is 0 Å². The van der Waals surface area contributed by atoms with E-state index in [1.807, 2.05) is 0 Å². The Morgan fingerprint density at radius 2 is 1.22 bits per heavy atom. The molecule has 18 heavy (non-hydrogen) atoms. The first-order valence-electron chi connectivity index (χ1n) is 5.74. The van der Waals surface area contributed by atoms with E-state index in [1.54, 1.807) is 0 Å². The second kappa shape index (κ2) is 7.70. The second-order valence-corrected chi connectivity index (χ2v) is 11.1. The molecule has 0 radical (unpaired) electrons. The summed E-state index contributed by atoms with van der Waals surface area (Å²) in [5, 5.41) is 0. The van der Waals surface area contributed by atoms with Gasteiger partial charge in [0, 0.05) is 0 Å². The van der Waals surface area contributed by atoms with Gasteiger partial charge >= 0.3 is 0 Å². The molecule has 0 rings (SSSR count). The molecule has 0 saturated carbocycles. The maximum absolute atomic E-state index is 11.8. The Morgan fingerprint density at radius 3 is 1.61 bits per heavy atom. The summed E-state index contributed by atoms with van der Waals surface area (Å²) in [6.45, 7) is 0. The average Bonchev–Trinajstić information content (AvgIpc) is 2.19. The maximum Gasteiger partial charge on any atom is 0.231 e. The van der Waals surface area contributed by atoms with Gasteiger partial charge in [0.2, 0.25) is 14.9 Å². The van der Waals surface area contributed by atoms with Crippen LogP contribution in [0.1, 0.15) is 38.5 Å². The fraction of sp³-hybridized carbons (Fsp3) is 1.00. The van der Waals surface area contributed by atoms with Crippen molar-refractivity contribution >= 4 is 40.1 Å². The minimum absolute atomic E-state index is 0.186. The SMILES string of the molecule is NP(N)(=O)C(S)(CCCCCCCS)P(N)(N)=O. The average molecular weight is 334 g/mol. The molecular weight excluding hydrogens is 310 g/mol. The highest BCUT2D eigenvalue weighted by molar-refractivity contribution is 8.04. The number of thiol groups is 2. The Bertz CT molecular complexity index is 322. The minimum atomic E-state index is -3.73. The Hall–Kier alpha value is 1.00. The van der Waals surface area contributed by atoms with Crippen molar-refractivity contribution in [3.63, 3.8) is 0 Å². The predicted octanol–water partition coefficient (Wildman–Crippen LogP) is 2.06. The van der Waals surface area contributed by atoms with Gasteiger partial charge in [0.25, 0.3) is 0 Å². The Morgan fingerprint density at radius 1 is 0.833 bits per heavy atom. The zero-order valence-electron chi connectivity index (χ0n) is 10.4. The summed E-state index contributed by atoms with van der Waals surface area (Å²) in [6.07, 6.45) is 4.81. The zero-order chi connectivity index (χ0) is 14.4. The van der Waals surface area contributed by atoms with Crippen molar-refractivity contribution in [3.05, 3.63) is 0 Å². The van der Waals surface area contributed by atoms with E-state index in [0.29, 0.717) is 6.42 Å². The van der Waals surface area contributed by atoms with Gasteiger partial charge in [0.05, 0.1) is 0 Å². The van der Waals surface area contributed by atoms with Crippen molar-refractivity contribution in [2.75, 3.05) is 5.75 Å². The largest absolute Gasteiger partial charge is 0.288 e. The molecule has 110 valence electrons. The molecule has 0 aromatic heterocycles. The summed E-state index contributed by atoms with van der Waals surface area (Å²) in [7, 11) is -7.46. The van der Waals surface area contributed by atoms with Crippen LogP contribution in [-0.2, 0) is 9.13 Å². The minimum Gasteiger partial charge on any atom is -0.288 e. The lowest BCUT2D eigenvalue weighted by Gasteiger charge is -2.34. The molecule has 0 aliphatic carbocycles. The number of hydrogen-bond acceptors (Lipinski definition) is 4. The van der Waals surface area contributed by atoms with Crippen molar-refractivity contribution in [2.45, 2.75) is 42.8 Å². The molecule has 8 N–H and O–H groups in total. The lowest BCUT2D eigenvalue weighted by Crippen LogP contribution is -2.36. The van der Waals surface area contributed by atoms with Crippen molar-refractivity contribution in [2.24, 2.45) is 22.0 Å². The fourth-order valence-electron chi connectivity index (χ4n) is 1.60. The summed E-state index contributed by atoms with van der Waals surface area (Å²) < 4.78 is 21.9. The highest BCUT2D eigenvalue weighted by Gasteiger charge is 2.51. The first-order chi connectivity index (χ1) is 8.06. The molecule has 0 aromatic carbocycles. The Balaban J connectivity index is 4.40. The van der Waals surface area contributed by atoms with Crippen LogP contribution in [0.25, 0.3) is 0 Å². The molecule has 0 amide bonds.